The minimum atomic E-state index is -0.291. The molecule has 3 rings (SSSR count). The van der Waals surface area contributed by atoms with Gasteiger partial charge < -0.3 is 10.1 Å². The molecule has 5 nitrogen and oxygen atoms in total. The maximum atomic E-state index is 12.4. The van der Waals surface area contributed by atoms with E-state index in [9.17, 15) is 4.79 Å². The minimum Gasteiger partial charge on any atom is -0.471 e. The number of halogens is 1. The summed E-state index contributed by atoms with van der Waals surface area (Å²) in [6.45, 7) is 6.12. The lowest BCUT2D eigenvalue weighted by Crippen LogP contribution is -2.15. The zero-order chi connectivity index (χ0) is 18.7. The summed E-state index contributed by atoms with van der Waals surface area (Å²) in [7, 11) is 0. The van der Waals surface area contributed by atoms with E-state index in [2.05, 4.69) is 16.5 Å². The third-order valence-electron chi connectivity index (χ3n) is 4.07. The second-order valence-corrected chi connectivity index (χ2v) is 6.56. The Kier molecular flexibility index (Phi) is 5.28. The first-order valence-corrected chi connectivity index (χ1v) is 8.62. The fourth-order valence-electron chi connectivity index (χ4n) is 2.58. The number of aryl methyl sites for hydroxylation is 2. The molecule has 0 radical (unpaired) electrons. The Hall–Kier alpha value is -2.79. The van der Waals surface area contributed by atoms with E-state index in [1.54, 1.807) is 35.1 Å². The van der Waals surface area contributed by atoms with Gasteiger partial charge >= 0.3 is 0 Å². The molecule has 0 unspecified atom stereocenters. The van der Waals surface area contributed by atoms with Crippen LogP contribution in [0, 0.1) is 20.8 Å². The van der Waals surface area contributed by atoms with Gasteiger partial charge in [0.15, 0.2) is 12.4 Å². The summed E-state index contributed by atoms with van der Waals surface area (Å²) in [6.07, 6.45) is 1.71. The summed E-state index contributed by atoms with van der Waals surface area (Å²) in [4.78, 5) is 12.4. The molecule has 134 valence electrons. The van der Waals surface area contributed by atoms with Crippen LogP contribution in [0.1, 0.15) is 27.2 Å². The zero-order valence-corrected chi connectivity index (χ0v) is 15.7. The number of ether oxygens (including phenoxy) is 1. The fraction of sp³-hybridized carbons (Fsp3) is 0.200. The summed E-state index contributed by atoms with van der Waals surface area (Å²) < 4.78 is 7.36. The smallest absolute Gasteiger partial charge is 0.276 e. The van der Waals surface area contributed by atoms with E-state index in [0.29, 0.717) is 16.4 Å². The molecule has 0 aliphatic carbocycles. The van der Waals surface area contributed by atoms with Gasteiger partial charge in [-0.2, -0.15) is 5.10 Å². The van der Waals surface area contributed by atoms with Gasteiger partial charge in [0.2, 0.25) is 0 Å². The second kappa shape index (κ2) is 7.62. The van der Waals surface area contributed by atoms with Gasteiger partial charge in [0.1, 0.15) is 5.75 Å². The summed E-state index contributed by atoms with van der Waals surface area (Å²) in [5, 5.41) is 7.70. The van der Waals surface area contributed by atoms with Crippen molar-refractivity contribution in [2.24, 2.45) is 0 Å². The zero-order valence-electron chi connectivity index (χ0n) is 14.9. The predicted octanol–water partition coefficient (Wildman–Crippen LogP) is 4.75. The van der Waals surface area contributed by atoms with Gasteiger partial charge in [-0.3, -0.25) is 4.79 Å². The van der Waals surface area contributed by atoms with Gasteiger partial charge in [0.05, 0.1) is 0 Å². The fourth-order valence-corrected chi connectivity index (χ4v) is 2.76. The van der Waals surface area contributed by atoms with Crippen molar-refractivity contribution < 1.29 is 9.53 Å². The monoisotopic (exact) mass is 369 g/mol. The first-order chi connectivity index (χ1) is 12.4. The van der Waals surface area contributed by atoms with Crippen molar-refractivity contribution in [2.75, 3.05) is 5.32 Å². The molecule has 0 aliphatic rings. The SMILES string of the molecule is Cc1ccc(OCn2ccc(C(=O)Nc3cccc(Cl)c3C)n2)c(C)c1. The van der Waals surface area contributed by atoms with Crippen molar-refractivity contribution in [1.82, 2.24) is 9.78 Å². The molecule has 1 amide bonds. The van der Waals surface area contributed by atoms with Crippen LogP contribution in [-0.2, 0) is 6.73 Å². The number of amides is 1. The Bertz CT molecular complexity index is 950. The molecule has 0 spiro atoms. The molecule has 0 fully saturated rings. The van der Waals surface area contributed by atoms with Crippen LogP contribution in [0.5, 0.6) is 5.75 Å². The van der Waals surface area contributed by atoms with Gasteiger partial charge in [0, 0.05) is 16.9 Å². The molecule has 6 heteroatoms. The largest absolute Gasteiger partial charge is 0.471 e. The number of anilines is 1. The number of aromatic nitrogens is 2. The van der Waals surface area contributed by atoms with Crippen molar-refractivity contribution in [3.05, 3.63) is 76.1 Å². The summed E-state index contributed by atoms with van der Waals surface area (Å²) in [6, 6.07) is 13.0. The van der Waals surface area contributed by atoms with Crippen LogP contribution in [-0.4, -0.2) is 15.7 Å². The van der Waals surface area contributed by atoms with Gasteiger partial charge in [0.25, 0.3) is 5.91 Å². The van der Waals surface area contributed by atoms with Crippen LogP contribution < -0.4 is 10.1 Å². The average Bonchev–Trinajstić information content (AvgIpc) is 3.07. The van der Waals surface area contributed by atoms with Crippen LogP contribution in [0.4, 0.5) is 5.69 Å². The standard InChI is InChI=1S/C20H20ClN3O2/c1-13-7-8-19(14(2)11-13)26-12-24-10-9-18(23-24)20(25)22-17-6-4-5-16(21)15(17)3/h4-11H,12H2,1-3H3,(H,22,25). The molecule has 0 saturated heterocycles. The van der Waals surface area contributed by atoms with Crippen LogP contribution >= 0.6 is 11.6 Å². The lowest BCUT2D eigenvalue weighted by atomic mass is 10.1. The maximum Gasteiger partial charge on any atom is 0.276 e. The highest BCUT2D eigenvalue weighted by Gasteiger charge is 2.12. The summed E-state index contributed by atoms with van der Waals surface area (Å²) in [5.41, 5.74) is 4.05. The lowest BCUT2D eigenvalue weighted by Gasteiger charge is -2.10. The highest BCUT2D eigenvalue weighted by Crippen LogP contribution is 2.23. The first-order valence-electron chi connectivity index (χ1n) is 8.24. The molecule has 0 atom stereocenters. The molecule has 2 aromatic carbocycles. The van der Waals surface area contributed by atoms with E-state index in [-0.39, 0.29) is 12.6 Å². The Morgan fingerprint density at radius 2 is 2.00 bits per heavy atom. The number of carbonyl (C=O) groups excluding carboxylic acids is 1. The van der Waals surface area contributed by atoms with Crippen LogP contribution in [0.25, 0.3) is 0 Å². The summed E-state index contributed by atoms with van der Waals surface area (Å²) in [5.74, 6) is 0.507. The number of rotatable bonds is 5. The molecule has 0 aliphatic heterocycles. The number of carbonyl (C=O) groups is 1. The third-order valence-corrected chi connectivity index (χ3v) is 4.48. The predicted molar refractivity (Wildman–Crippen MR) is 103 cm³/mol. The van der Waals surface area contributed by atoms with E-state index in [4.69, 9.17) is 16.3 Å². The molecule has 1 aromatic heterocycles. The van der Waals surface area contributed by atoms with Gasteiger partial charge in [-0.05, 0) is 56.2 Å². The lowest BCUT2D eigenvalue weighted by molar-refractivity contribution is 0.102. The number of benzene rings is 2. The van der Waals surface area contributed by atoms with Gasteiger partial charge in [-0.15, -0.1) is 0 Å². The van der Waals surface area contributed by atoms with E-state index in [0.717, 1.165) is 16.9 Å². The molecular weight excluding hydrogens is 350 g/mol. The Morgan fingerprint density at radius 1 is 1.19 bits per heavy atom. The highest BCUT2D eigenvalue weighted by molar-refractivity contribution is 6.31. The van der Waals surface area contributed by atoms with Crippen molar-refractivity contribution in [3.63, 3.8) is 0 Å². The molecule has 0 saturated carbocycles. The Labute approximate surface area is 157 Å². The minimum absolute atomic E-state index is 0.230. The average molecular weight is 370 g/mol. The normalized spacial score (nSPS) is 10.6. The second-order valence-electron chi connectivity index (χ2n) is 6.15. The quantitative estimate of drug-likeness (QED) is 0.706. The number of nitrogens with zero attached hydrogens (tertiary/aromatic N) is 2. The molecule has 3 aromatic rings. The van der Waals surface area contributed by atoms with E-state index in [1.165, 1.54) is 5.56 Å². The third kappa shape index (κ3) is 4.06. The van der Waals surface area contributed by atoms with Crippen LogP contribution in [0.15, 0.2) is 48.7 Å². The van der Waals surface area contributed by atoms with Crippen molar-refractivity contribution >= 4 is 23.2 Å². The molecule has 1 heterocycles. The van der Waals surface area contributed by atoms with E-state index in [1.807, 2.05) is 32.9 Å². The molecule has 1 N–H and O–H groups in total. The number of hydrogen-bond donors (Lipinski definition) is 1. The van der Waals surface area contributed by atoms with Crippen LogP contribution in [0.3, 0.4) is 0 Å². The Balaban J connectivity index is 1.65. The highest BCUT2D eigenvalue weighted by atomic mass is 35.5. The topological polar surface area (TPSA) is 56.1 Å². The summed E-state index contributed by atoms with van der Waals surface area (Å²) >= 11 is 6.08. The van der Waals surface area contributed by atoms with Gasteiger partial charge in [-0.25, -0.2) is 4.68 Å². The first kappa shape index (κ1) is 18.0. The van der Waals surface area contributed by atoms with Gasteiger partial charge in [-0.1, -0.05) is 35.4 Å². The maximum absolute atomic E-state index is 12.4. The van der Waals surface area contributed by atoms with E-state index >= 15 is 0 Å². The van der Waals surface area contributed by atoms with Crippen LogP contribution in [0.2, 0.25) is 5.02 Å². The van der Waals surface area contributed by atoms with Crippen molar-refractivity contribution in [3.8, 4) is 5.75 Å². The molecule has 26 heavy (non-hydrogen) atoms. The molecule has 0 bridgehead atoms. The number of hydrogen-bond acceptors (Lipinski definition) is 3. The molecular formula is C20H20ClN3O2. The number of nitrogens with one attached hydrogen (secondary N) is 1. The van der Waals surface area contributed by atoms with Crippen molar-refractivity contribution in [1.29, 1.82) is 0 Å². The van der Waals surface area contributed by atoms with E-state index < -0.39 is 0 Å². The van der Waals surface area contributed by atoms with Crippen molar-refractivity contribution in [2.45, 2.75) is 27.5 Å². The Morgan fingerprint density at radius 3 is 2.77 bits per heavy atom.